The van der Waals surface area contributed by atoms with E-state index in [1.165, 1.54) is 5.39 Å². The van der Waals surface area contributed by atoms with Crippen LogP contribution in [0.3, 0.4) is 0 Å². The molecule has 0 aliphatic rings. The van der Waals surface area contributed by atoms with Crippen molar-refractivity contribution < 1.29 is 9.84 Å². The third-order valence-corrected chi connectivity index (χ3v) is 3.10. The summed E-state index contributed by atoms with van der Waals surface area (Å²) in [5, 5.41) is 15.4. The molecule has 116 valence electrons. The van der Waals surface area contributed by atoms with Crippen LogP contribution in [-0.2, 0) is 0 Å². The van der Waals surface area contributed by atoms with Crippen LogP contribution in [0.1, 0.15) is 13.8 Å². The van der Waals surface area contributed by atoms with Gasteiger partial charge in [0.05, 0.1) is 0 Å². The zero-order chi connectivity index (χ0) is 14.4. The Hall–Kier alpha value is -1.29. The highest BCUT2D eigenvalue weighted by Crippen LogP contribution is 2.20. The second kappa shape index (κ2) is 8.88. The monoisotopic (exact) mass is 309 g/mol. The Bertz CT molecular complexity index is 545. The summed E-state index contributed by atoms with van der Waals surface area (Å²) >= 11 is 0. The van der Waals surface area contributed by atoms with Crippen molar-refractivity contribution >= 4 is 23.2 Å². The van der Waals surface area contributed by atoms with Gasteiger partial charge in [0, 0.05) is 6.54 Å². The molecule has 0 amide bonds. The van der Waals surface area contributed by atoms with E-state index in [0.29, 0.717) is 19.1 Å². The molecule has 1 unspecified atom stereocenters. The predicted octanol–water partition coefficient (Wildman–Crippen LogP) is 3.25. The van der Waals surface area contributed by atoms with E-state index in [9.17, 15) is 5.11 Å². The minimum Gasteiger partial charge on any atom is -0.491 e. The molecule has 0 heterocycles. The zero-order valence-electron chi connectivity index (χ0n) is 12.6. The van der Waals surface area contributed by atoms with Crippen LogP contribution in [0.2, 0.25) is 0 Å². The molecule has 2 N–H and O–H groups in total. The fraction of sp³-hybridized carbons (Fsp3) is 0.412. The first-order valence-corrected chi connectivity index (χ1v) is 7.15. The Morgan fingerprint density at radius 3 is 2.48 bits per heavy atom. The highest BCUT2D eigenvalue weighted by atomic mass is 35.5. The first kappa shape index (κ1) is 17.8. The lowest BCUT2D eigenvalue weighted by molar-refractivity contribution is 0.106. The fourth-order valence-electron chi connectivity index (χ4n) is 2.05. The Balaban J connectivity index is 0.00000220. The molecule has 2 rings (SSSR count). The predicted molar refractivity (Wildman–Crippen MR) is 90.4 cm³/mol. The quantitative estimate of drug-likeness (QED) is 0.825. The zero-order valence-corrected chi connectivity index (χ0v) is 13.4. The van der Waals surface area contributed by atoms with Crippen LogP contribution >= 0.6 is 12.4 Å². The van der Waals surface area contributed by atoms with Crippen molar-refractivity contribution in [3.05, 3.63) is 42.5 Å². The van der Waals surface area contributed by atoms with Crippen molar-refractivity contribution in [3.63, 3.8) is 0 Å². The maximum atomic E-state index is 9.85. The Kier molecular flexibility index (Phi) is 7.51. The van der Waals surface area contributed by atoms with Gasteiger partial charge in [-0.3, -0.25) is 0 Å². The van der Waals surface area contributed by atoms with Crippen LogP contribution in [0.5, 0.6) is 5.75 Å². The summed E-state index contributed by atoms with van der Waals surface area (Å²) in [5.74, 6) is 1.38. The number of ether oxygens (including phenoxy) is 1. The number of rotatable bonds is 7. The van der Waals surface area contributed by atoms with Gasteiger partial charge in [-0.05, 0) is 35.4 Å². The molecule has 0 spiro atoms. The third-order valence-electron chi connectivity index (χ3n) is 3.10. The van der Waals surface area contributed by atoms with Crippen molar-refractivity contribution in [1.82, 2.24) is 5.32 Å². The van der Waals surface area contributed by atoms with Gasteiger partial charge in [-0.2, -0.15) is 0 Å². The van der Waals surface area contributed by atoms with E-state index < -0.39 is 6.10 Å². The topological polar surface area (TPSA) is 41.5 Å². The van der Waals surface area contributed by atoms with Crippen molar-refractivity contribution in [2.24, 2.45) is 5.92 Å². The minimum atomic E-state index is -0.486. The maximum absolute atomic E-state index is 9.85. The van der Waals surface area contributed by atoms with E-state index in [2.05, 4.69) is 31.3 Å². The number of nitrogens with one attached hydrogen (secondary N) is 1. The number of benzene rings is 2. The van der Waals surface area contributed by atoms with Gasteiger partial charge >= 0.3 is 0 Å². The van der Waals surface area contributed by atoms with Crippen molar-refractivity contribution in [1.29, 1.82) is 0 Å². The molecule has 0 fully saturated rings. The largest absolute Gasteiger partial charge is 0.491 e. The van der Waals surface area contributed by atoms with Gasteiger partial charge in [-0.25, -0.2) is 0 Å². The van der Waals surface area contributed by atoms with Crippen molar-refractivity contribution in [3.8, 4) is 5.75 Å². The molecule has 0 saturated carbocycles. The first-order chi connectivity index (χ1) is 9.65. The molecular formula is C17H24ClNO2. The SMILES string of the molecule is CC(C)CNCC(O)COc1ccc2ccccc2c1.Cl. The van der Waals surface area contributed by atoms with Crippen LogP contribution in [0, 0.1) is 5.92 Å². The standard InChI is InChI=1S/C17H23NO2.ClH/c1-13(2)10-18-11-16(19)12-20-17-8-7-14-5-3-4-6-15(14)9-17;/h3-9,13,16,18-19H,10-12H2,1-2H3;1H. The van der Waals surface area contributed by atoms with Crippen LogP contribution in [0.4, 0.5) is 0 Å². The molecule has 2 aromatic carbocycles. The van der Waals surface area contributed by atoms with Crippen molar-refractivity contribution in [2.45, 2.75) is 20.0 Å². The average molecular weight is 310 g/mol. The maximum Gasteiger partial charge on any atom is 0.120 e. The highest BCUT2D eigenvalue weighted by molar-refractivity contribution is 5.85. The molecule has 2 aromatic rings. The molecule has 0 aliphatic carbocycles. The summed E-state index contributed by atoms with van der Waals surface area (Å²) in [6.07, 6.45) is -0.486. The summed E-state index contributed by atoms with van der Waals surface area (Å²) in [6.45, 7) is 6.07. The number of hydrogen-bond acceptors (Lipinski definition) is 3. The summed E-state index contributed by atoms with van der Waals surface area (Å²) in [4.78, 5) is 0. The Labute approximate surface area is 132 Å². The molecule has 21 heavy (non-hydrogen) atoms. The second-order valence-electron chi connectivity index (χ2n) is 5.53. The summed E-state index contributed by atoms with van der Waals surface area (Å²) < 4.78 is 5.64. The van der Waals surface area contributed by atoms with Gasteiger partial charge in [-0.1, -0.05) is 44.2 Å². The van der Waals surface area contributed by atoms with Gasteiger partial charge in [0.25, 0.3) is 0 Å². The van der Waals surface area contributed by atoms with E-state index in [0.717, 1.165) is 17.7 Å². The first-order valence-electron chi connectivity index (χ1n) is 7.15. The van der Waals surface area contributed by atoms with Gasteiger partial charge in [0.1, 0.15) is 18.5 Å². The van der Waals surface area contributed by atoms with E-state index in [-0.39, 0.29) is 12.4 Å². The number of hydrogen-bond donors (Lipinski definition) is 2. The lowest BCUT2D eigenvalue weighted by Crippen LogP contribution is -2.33. The molecular weight excluding hydrogens is 286 g/mol. The number of fused-ring (bicyclic) bond motifs is 1. The van der Waals surface area contributed by atoms with Crippen LogP contribution < -0.4 is 10.1 Å². The normalized spacial score (nSPS) is 12.2. The summed E-state index contributed by atoms with van der Waals surface area (Å²) in [6, 6.07) is 14.1. The Morgan fingerprint density at radius 2 is 1.76 bits per heavy atom. The number of aliphatic hydroxyl groups is 1. The third kappa shape index (κ3) is 5.92. The smallest absolute Gasteiger partial charge is 0.120 e. The fourth-order valence-corrected chi connectivity index (χ4v) is 2.05. The van der Waals surface area contributed by atoms with Crippen molar-refractivity contribution in [2.75, 3.05) is 19.7 Å². The molecule has 0 saturated heterocycles. The minimum absolute atomic E-state index is 0. The van der Waals surface area contributed by atoms with E-state index >= 15 is 0 Å². The molecule has 0 aliphatic heterocycles. The second-order valence-corrected chi connectivity index (χ2v) is 5.53. The van der Waals surface area contributed by atoms with Gasteiger partial charge < -0.3 is 15.2 Å². The van der Waals surface area contributed by atoms with Crippen LogP contribution in [0.15, 0.2) is 42.5 Å². The molecule has 1 atom stereocenters. The highest BCUT2D eigenvalue weighted by Gasteiger charge is 2.05. The van der Waals surface area contributed by atoms with Gasteiger partial charge in [0.15, 0.2) is 0 Å². The summed E-state index contributed by atoms with van der Waals surface area (Å²) in [5.41, 5.74) is 0. The number of aliphatic hydroxyl groups excluding tert-OH is 1. The molecule has 0 bridgehead atoms. The van der Waals surface area contributed by atoms with Crippen LogP contribution in [0.25, 0.3) is 10.8 Å². The summed E-state index contributed by atoms with van der Waals surface area (Å²) in [7, 11) is 0. The van der Waals surface area contributed by atoms with E-state index in [1.54, 1.807) is 0 Å². The van der Waals surface area contributed by atoms with Crippen LogP contribution in [-0.4, -0.2) is 30.9 Å². The number of halogens is 1. The molecule has 0 radical (unpaired) electrons. The van der Waals surface area contributed by atoms with E-state index in [4.69, 9.17) is 4.74 Å². The molecule has 3 nitrogen and oxygen atoms in total. The molecule has 0 aromatic heterocycles. The Morgan fingerprint density at radius 1 is 1.05 bits per heavy atom. The van der Waals surface area contributed by atoms with E-state index in [1.807, 2.05) is 30.3 Å². The lowest BCUT2D eigenvalue weighted by atomic mass is 10.1. The molecule has 4 heteroatoms. The average Bonchev–Trinajstić information content (AvgIpc) is 2.44. The van der Waals surface area contributed by atoms with Gasteiger partial charge in [-0.15, -0.1) is 12.4 Å². The van der Waals surface area contributed by atoms with Gasteiger partial charge in [0.2, 0.25) is 0 Å². The lowest BCUT2D eigenvalue weighted by Gasteiger charge is -2.14.